The maximum atomic E-state index is 10.5. The summed E-state index contributed by atoms with van der Waals surface area (Å²) in [7, 11) is 3.63. The molecule has 1 aliphatic heterocycles. The van der Waals surface area contributed by atoms with Crippen molar-refractivity contribution in [2.75, 3.05) is 66.7 Å². The molecule has 0 radical (unpaired) electrons. The average Bonchev–Trinajstić information content (AvgIpc) is 2.82. The molecule has 0 saturated carbocycles. The molecule has 1 saturated heterocycles. The fraction of sp³-hybridized carbons (Fsp3) is 0.520. The highest BCUT2D eigenvalue weighted by atomic mass is 16.5. The molecule has 1 heterocycles. The van der Waals surface area contributed by atoms with E-state index in [0.29, 0.717) is 18.0 Å². The van der Waals surface area contributed by atoms with Gasteiger partial charge in [-0.25, -0.2) is 0 Å². The molecular formula is C25H37N3O4. The molecule has 0 aliphatic carbocycles. The summed E-state index contributed by atoms with van der Waals surface area (Å²) in [6.45, 7) is 7.89. The van der Waals surface area contributed by atoms with Gasteiger partial charge in [-0.2, -0.15) is 0 Å². The van der Waals surface area contributed by atoms with E-state index in [1.165, 1.54) is 5.56 Å². The molecule has 0 unspecified atom stereocenters. The highest BCUT2D eigenvalue weighted by molar-refractivity contribution is 5.43. The Balaban J connectivity index is 1.42. The molecule has 3 rings (SSSR count). The predicted molar refractivity (Wildman–Crippen MR) is 126 cm³/mol. The van der Waals surface area contributed by atoms with Crippen LogP contribution in [0.5, 0.6) is 11.5 Å². The van der Waals surface area contributed by atoms with Crippen molar-refractivity contribution >= 4 is 0 Å². The fourth-order valence-electron chi connectivity index (χ4n) is 3.80. The number of nitrogens with one attached hydrogen (secondary N) is 1. The smallest absolute Gasteiger partial charge is 0.161 e. The predicted octanol–water partition coefficient (Wildman–Crippen LogP) is 1.99. The van der Waals surface area contributed by atoms with Crippen LogP contribution in [-0.2, 0) is 17.8 Å². The van der Waals surface area contributed by atoms with Gasteiger partial charge < -0.3 is 24.6 Å². The van der Waals surface area contributed by atoms with Crippen LogP contribution in [0.25, 0.3) is 0 Å². The first-order chi connectivity index (χ1) is 15.6. The summed E-state index contributed by atoms with van der Waals surface area (Å²) in [5.74, 6) is 1.33. The molecule has 0 amide bonds. The van der Waals surface area contributed by atoms with Crippen LogP contribution in [0.4, 0.5) is 0 Å². The van der Waals surface area contributed by atoms with Crippen molar-refractivity contribution in [2.45, 2.75) is 19.2 Å². The number of ether oxygens (including phenoxy) is 3. The van der Waals surface area contributed by atoms with E-state index in [1.54, 1.807) is 7.11 Å². The molecule has 2 aromatic carbocycles. The Morgan fingerprint density at radius 3 is 2.62 bits per heavy atom. The normalized spacial score (nSPS) is 15.6. The summed E-state index contributed by atoms with van der Waals surface area (Å²) in [6, 6.07) is 16.2. The summed E-state index contributed by atoms with van der Waals surface area (Å²) >= 11 is 0. The first-order valence-corrected chi connectivity index (χ1v) is 11.3. The van der Waals surface area contributed by atoms with Crippen molar-refractivity contribution in [3.63, 3.8) is 0 Å². The molecule has 0 spiro atoms. The van der Waals surface area contributed by atoms with Crippen molar-refractivity contribution in [2.24, 2.45) is 0 Å². The van der Waals surface area contributed by atoms with Crippen molar-refractivity contribution in [1.82, 2.24) is 15.1 Å². The molecule has 1 atom stereocenters. The monoisotopic (exact) mass is 443 g/mol. The zero-order valence-electron chi connectivity index (χ0n) is 19.3. The first kappa shape index (κ1) is 24.5. The number of rotatable bonds is 13. The Morgan fingerprint density at radius 1 is 1.09 bits per heavy atom. The molecular weight excluding hydrogens is 406 g/mol. The molecule has 32 heavy (non-hydrogen) atoms. The summed E-state index contributed by atoms with van der Waals surface area (Å²) in [4.78, 5) is 4.50. The fourth-order valence-corrected chi connectivity index (χ4v) is 3.80. The van der Waals surface area contributed by atoms with E-state index in [-0.39, 0.29) is 6.61 Å². The van der Waals surface area contributed by atoms with E-state index in [1.807, 2.05) is 43.4 Å². The SMILES string of the molecule is COc1ccc(CNCCN2CCOCC2)cc1OC[C@H](O)CN(C)Cc1ccccc1. The van der Waals surface area contributed by atoms with Gasteiger partial charge in [0, 0.05) is 45.8 Å². The Labute approximate surface area is 191 Å². The van der Waals surface area contributed by atoms with Gasteiger partial charge in [-0.3, -0.25) is 9.80 Å². The number of likely N-dealkylation sites (N-methyl/N-ethyl adjacent to an activating group) is 1. The molecule has 176 valence electrons. The van der Waals surface area contributed by atoms with Gasteiger partial charge in [0.15, 0.2) is 11.5 Å². The number of nitrogens with zero attached hydrogens (tertiary/aromatic N) is 2. The summed E-state index contributed by atoms with van der Waals surface area (Å²) in [5.41, 5.74) is 2.34. The summed E-state index contributed by atoms with van der Waals surface area (Å²) in [5, 5.41) is 13.9. The van der Waals surface area contributed by atoms with Gasteiger partial charge in [-0.1, -0.05) is 36.4 Å². The summed E-state index contributed by atoms with van der Waals surface area (Å²) < 4.78 is 16.8. The second-order valence-electron chi connectivity index (χ2n) is 8.26. The number of aliphatic hydroxyl groups is 1. The maximum Gasteiger partial charge on any atom is 0.161 e. The standard InChI is InChI=1S/C25H37N3O4/c1-27(18-21-6-4-3-5-7-21)19-23(29)20-32-25-16-22(8-9-24(25)30-2)17-26-10-11-28-12-14-31-15-13-28/h3-9,16,23,26,29H,10-15,17-20H2,1-2H3/t23-/m1/s1. The lowest BCUT2D eigenvalue weighted by molar-refractivity contribution is 0.0384. The third-order valence-electron chi connectivity index (χ3n) is 5.51. The Morgan fingerprint density at radius 2 is 1.88 bits per heavy atom. The maximum absolute atomic E-state index is 10.5. The number of benzene rings is 2. The lowest BCUT2D eigenvalue weighted by Gasteiger charge is -2.26. The van der Waals surface area contributed by atoms with Crippen LogP contribution in [0.3, 0.4) is 0 Å². The van der Waals surface area contributed by atoms with Gasteiger partial charge in [0.2, 0.25) is 0 Å². The van der Waals surface area contributed by atoms with Crippen LogP contribution in [0.1, 0.15) is 11.1 Å². The van der Waals surface area contributed by atoms with Crippen LogP contribution in [0.2, 0.25) is 0 Å². The molecule has 2 aromatic rings. The van der Waals surface area contributed by atoms with E-state index < -0.39 is 6.10 Å². The van der Waals surface area contributed by atoms with Crippen LogP contribution in [-0.4, -0.2) is 87.7 Å². The van der Waals surface area contributed by atoms with Crippen molar-refractivity contribution in [3.8, 4) is 11.5 Å². The van der Waals surface area contributed by atoms with Crippen molar-refractivity contribution in [3.05, 3.63) is 59.7 Å². The average molecular weight is 444 g/mol. The topological polar surface area (TPSA) is 66.4 Å². The number of aliphatic hydroxyl groups excluding tert-OH is 1. The molecule has 1 fully saturated rings. The van der Waals surface area contributed by atoms with E-state index >= 15 is 0 Å². The zero-order valence-corrected chi connectivity index (χ0v) is 19.3. The molecule has 7 heteroatoms. The second-order valence-corrected chi connectivity index (χ2v) is 8.26. The Hall–Kier alpha value is -2.16. The highest BCUT2D eigenvalue weighted by Gasteiger charge is 2.13. The van der Waals surface area contributed by atoms with Gasteiger partial charge in [-0.05, 0) is 30.3 Å². The third kappa shape index (κ3) is 8.41. The minimum absolute atomic E-state index is 0.212. The molecule has 0 aromatic heterocycles. The van der Waals surface area contributed by atoms with E-state index in [4.69, 9.17) is 14.2 Å². The highest BCUT2D eigenvalue weighted by Crippen LogP contribution is 2.28. The summed E-state index contributed by atoms with van der Waals surface area (Å²) in [6.07, 6.45) is -0.594. The number of hydrogen-bond donors (Lipinski definition) is 2. The number of hydrogen-bond acceptors (Lipinski definition) is 7. The minimum atomic E-state index is -0.594. The van der Waals surface area contributed by atoms with Crippen LogP contribution < -0.4 is 14.8 Å². The molecule has 1 aliphatic rings. The van der Waals surface area contributed by atoms with Gasteiger partial charge >= 0.3 is 0 Å². The quantitative estimate of drug-likeness (QED) is 0.459. The van der Waals surface area contributed by atoms with Gasteiger partial charge in [0.05, 0.1) is 20.3 Å². The Kier molecular flexibility index (Phi) is 10.3. The van der Waals surface area contributed by atoms with Gasteiger partial charge in [0.25, 0.3) is 0 Å². The molecule has 0 bridgehead atoms. The molecule has 2 N–H and O–H groups in total. The minimum Gasteiger partial charge on any atom is -0.493 e. The zero-order chi connectivity index (χ0) is 22.6. The number of morpholine rings is 1. The van der Waals surface area contributed by atoms with Crippen molar-refractivity contribution in [1.29, 1.82) is 0 Å². The van der Waals surface area contributed by atoms with E-state index in [2.05, 4.69) is 27.2 Å². The van der Waals surface area contributed by atoms with Crippen molar-refractivity contribution < 1.29 is 19.3 Å². The van der Waals surface area contributed by atoms with Crippen LogP contribution in [0.15, 0.2) is 48.5 Å². The lowest BCUT2D eigenvalue weighted by Crippen LogP contribution is -2.40. The third-order valence-corrected chi connectivity index (χ3v) is 5.51. The van der Waals surface area contributed by atoms with E-state index in [9.17, 15) is 5.11 Å². The lowest BCUT2D eigenvalue weighted by atomic mass is 10.2. The first-order valence-electron chi connectivity index (χ1n) is 11.3. The second kappa shape index (κ2) is 13.4. The van der Waals surface area contributed by atoms with Crippen LogP contribution >= 0.6 is 0 Å². The largest absolute Gasteiger partial charge is 0.493 e. The molecule has 7 nitrogen and oxygen atoms in total. The van der Waals surface area contributed by atoms with Crippen LogP contribution in [0, 0.1) is 0 Å². The van der Waals surface area contributed by atoms with Gasteiger partial charge in [0.1, 0.15) is 12.7 Å². The number of methoxy groups -OCH3 is 1. The Bertz CT molecular complexity index is 784. The van der Waals surface area contributed by atoms with Gasteiger partial charge in [-0.15, -0.1) is 0 Å². The van der Waals surface area contributed by atoms with E-state index in [0.717, 1.165) is 58.0 Å².